The number of amides is 1. The molecule has 1 saturated heterocycles. The lowest BCUT2D eigenvalue weighted by Crippen LogP contribution is -2.45. The molecule has 1 aromatic rings. The minimum absolute atomic E-state index is 0.0101. The Labute approximate surface area is 115 Å². The maximum absolute atomic E-state index is 12.4. The number of benzene rings is 1. The van der Waals surface area contributed by atoms with Crippen LogP contribution >= 0.6 is 15.9 Å². The quantitative estimate of drug-likeness (QED) is 0.852. The van der Waals surface area contributed by atoms with E-state index < -0.39 is 0 Å². The maximum Gasteiger partial charge on any atom is 0.255 e. The van der Waals surface area contributed by atoms with Crippen molar-refractivity contribution in [2.24, 2.45) is 0 Å². The molecule has 0 radical (unpaired) electrons. The molecule has 0 spiro atoms. The van der Waals surface area contributed by atoms with E-state index in [-0.39, 0.29) is 12.0 Å². The van der Waals surface area contributed by atoms with Crippen molar-refractivity contribution < 1.29 is 9.53 Å². The fourth-order valence-electron chi connectivity index (χ4n) is 2.03. The van der Waals surface area contributed by atoms with Crippen LogP contribution in [0.5, 0.6) is 0 Å². The summed E-state index contributed by atoms with van der Waals surface area (Å²) in [5.41, 5.74) is 6.95. The van der Waals surface area contributed by atoms with Gasteiger partial charge in [0.05, 0.1) is 18.3 Å². The van der Waals surface area contributed by atoms with Crippen molar-refractivity contribution >= 4 is 27.5 Å². The Morgan fingerprint density at radius 1 is 1.61 bits per heavy atom. The van der Waals surface area contributed by atoms with Gasteiger partial charge in [0.15, 0.2) is 0 Å². The molecule has 5 heteroatoms. The average molecular weight is 313 g/mol. The van der Waals surface area contributed by atoms with Crippen LogP contribution in [0.1, 0.15) is 23.7 Å². The van der Waals surface area contributed by atoms with Crippen LogP contribution in [0.3, 0.4) is 0 Å². The van der Waals surface area contributed by atoms with Gasteiger partial charge in [0.25, 0.3) is 5.91 Å². The first kappa shape index (κ1) is 13.4. The van der Waals surface area contributed by atoms with Gasteiger partial charge in [-0.2, -0.15) is 0 Å². The summed E-state index contributed by atoms with van der Waals surface area (Å²) in [7, 11) is 0. The third-order valence-corrected chi connectivity index (χ3v) is 3.79. The van der Waals surface area contributed by atoms with Crippen LogP contribution in [0.15, 0.2) is 22.7 Å². The number of anilines is 1. The van der Waals surface area contributed by atoms with Crippen molar-refractivity contribution in [2.45, 2.75) is 19.4 Å². The first-order valence-corrected chi connectivity index (χ1v) is 6.87. The molecule has 2 N–H and O–H groups in total. The van der Waals surface area contributed by atoms with Gasteiger partial charge in [0.2, 0.25) is 0 Å². The summed E-state index contributed by atoms with van der Waals surface area (Å²) in [6.07, 6.45) is 1.06. The number of nitrogens with zero attached hydrogens (tertiary/aromatic N) is 1. The monoisotopic (exact) mass is 312 g/mol. The molecule has 1 aliphatic heterocycles. The topological polar surface area (TPSA) is 55.6 Å². The maximum atomic E-state index is 12.4. The molecule has 1 aromatic carbocycles. The number of ether oxygens (including phenoxy) is 1. The molecule has 1 aliphatic rings. The Kier molecular flexibility index (Phi) is 4.24. The van der Waals surface area contributed by atoms with Gasteiger partial charge < -0.3 is 15.4 Å². The van der Waals surface area contributed by atoms with Crippen molar-refractivity contribution in [3.63, 3.8) is 0 Å². The number of carbonyl (C=O) groups is 1. The third kappa shape index (κ3) is 2.84. The molecule has 0 saturated carbocycles. The number of carbonyl (C=O) groups excluding carboxylic acids is 1. The van der Waals surface area contributed by atoms with E-state index in [1.807, 2.05) is 4.90 Å². The molecule has 18 heavy (non-hydrogen) atoms. The molecule has 2 rings (SSSR count). The molecule has 0 aromatic heterocycles. The summed E-state index contributed by atoms with van der Waals surface area (Å²) in [5, 5.41) is 0. The lowest BCUT2D eigenvalue weighted by atomic mass is 10.1. The molecule has 1 atom stereocenters. The number of halogens is 1. The third-order valence-electron chi connectivity index (χ3n) is 3.10. The first-order chi connectivity index (χ1) is 8.61. The Morgan fingerprint density at radius 3 is 3.11 bits per heavy atom. The number of hydrogen-bond donors (Lipinski definition) is 1. The van der Waals surface area contributed by atoms with Gasteiger partial charge in [-0.05, 0) is 40.5 Å². The van der Waals surface area contributed by atoms with Crippen LogP contribution in [0.2, 0.25) is 0 Å². The van der Waals surface area contributed by atoms with Gasteiger partial charge in [-0.3, -0.25) is 4.79 Å². The molecule has 0 aliphatic carbocycles. The van der Waals surface area contributed by atoms with Gasteiger partial charge in [-0.25, -0.2) is 0 Å². The molecule has 98 valence electrons. The summed E-state index contributed by atoms with van der Waals surface area (Å²) in [5.74, 6) is 0.0101. The first-order valence-electron chi connectivity index (χ1n) is 6.07. The fraction of sp³-hybridized carbons (Fsp3) is 0.462. The normalized spacial score (nSPS) is 19.9. The highest BCUT2D eigenvalue weighted by atomic mass is 79.9. The predicted molar refractivity (Wildman–Crippen MR) is 74.5 cm³/mol. The molecule has 1 heterocycles. The van der Waals surface area contributed by atoms with Gasteiger partial charge in [0.1, 0.15) is 0 Å². The van der Waals surface area contributed by atoms with Gasteiger partial charge in [0, 0.05) is 23.2 Å². The van der Waals surface area contributed by atoms with Crippen molar-refractivity contribution in [1.29, 1.82) is 0 Å². The molecular formula is C13H17BrN2O2. The molecule has 0 bridgehead atoms. The summed E-state index contributed by atoms with van der Waals surface area (Å²) < 4.78 is 6.35. The van der Waals surface area contributed by atoms with E-state index in [1.165, 1.54) is 0 Å². The zero-order chi connectivity index (χ0) is 13.1. The largest absolute Gasteiger partial charge is 0.399 e. The minimum Gasteiger partial charge on any atom is -0.399 e. The van der Waals surface area contributed by atoms with E-state index in [9.17, 15) is 4.79 Å². The number of morpholine rings is 1. The van der Waals surface area contributed by atoms with Gasteiger partial charge in [-0.15, -0.1) is 0 Å². The number of nitrogen functional groups attached to an aromatic ring is 1. The van der Waals surface area contributed by atoms with E-state index in [4.69, 9.17) is 10.5 Å². The van der Waals surface area contributed by atoms with Crippen molar-refractivity contribution in [1.82, 2.24) is 4.90 Å². The van der Waals surface area contributed by atoms with Crippen LogP contribution in [0.4, 0.5) is 5.69 Å². The average Bonchev–Trinajstić information content (AvgIpc) is 2.41. The van der Waals surface area contributed by atoms with Crippen LogP contribution in [0.25, 0.3) is 0 Å². The molecule has 1 unspecified atom stereocenters. The van der Waals surface area contributed by atoms with E-state index in [0.29, 0.717) is 30.9 Å². The minimum atomic E-state index is 0.0101. The second-order valence-corrected chi connectivity index (χ2v) is 5.25. The summed E-state index contributed by atoms with van der Waals surface area (Å²) >= 11 is 3.40. The van der Waals surface area contributed by atoms with Crippen LogP contribution in [0, 0.1) is 0 Å². The molecule has 4 nitrogen and oxygen atoms in total. The summed E-state index contributed by atoms with van der Waals surface area (Å²) in [6.45, 7) is 3.95. The van der Waals surface area contributed by atoms with Gasteiger partial charge in [-0.1, -0.05) is 6.92 Å². The van der Waals surface area contributed by atoms with Crippen molar-refractivity contribution in [2.75, 3.05) is 25.4 Å². The SMILES string of the molecule is CCC1CN(C(=O)c2cc(N)ccc2Br)CCO1. The Balaban J connectivity index is 2.17. The molecule has 1 amide bonds. The van der Waals surface area contributed by atoms with Crippen molar-refractivity contribution in [3.8, 4) is 0 Å². The Morgan fingerprint density at radius 2 is 2.39 bits per heavy atom. The Hall–Kier alpha value is -1.07. The van der Waals surface area contributed by atoms with Crippen LogP contribution < -0.4 is 5.73 Å². The Bertz CT molecular complexity index is 451. The predicted octanol–water partition coefficient (Wildman–Crippen LogP) is 2.28. The second kappa shape index (κ2) is 5.71. The lowest BCUT2D eigenvalue weighted by molar-refractivity contribution is -0.0226. The number of rotatable bonds is 2. The van der Waals surface area contributed by atoms with E-state index in [1.54, 1.807) is 18.2 Å². The fourth-order valence-corrected chi connectivity index (χ4v) is 2.44. The highest BCUT2D eigenvalue weighted by Crippen LogP contribution is 2.22. The van der Waals surface area contributed by atoms with E-state index in [0.717, 1.165) is 10.9 Å². The van der Waals surface area contributed by atoms with Crippen molar-refractivity contribution in [3.05, 3.63) is 28.2 Å². The highest BCUT2D eigenvalue weighted by molar-refractivity contribution is 9.10. The van der Waals surface area contributed by atoms with Gasteiger partial charge >= 0.3 is 0 Å². The molecular weight excluding hydrogens is 296 g/mol. The number of nitrogens with two attached hydrogens (primary N) is 1. The smallest absolute Gasteiger partial charge is 0.255 e. The zero-order valence-electron chi connectivity index (χ0n) is 10.4. The van der Waals surface area contributed by atoms with E-state index >= 15 is 0 Å². The summed E-state index contributed by atoms with van der Waals surface area (Å²) in [4.78, 5) is 14.2. The van der Waals surface area contributed by atoms with E-state index in [2.05, 4.69) is 22.9 Å². The molecule has 1 fully saturated rings. The summed E-state index contributed by atoms with van der Waals surface area (Å²) in [6, 6.07) is 5.29. The van der Waals surface area contributed by atoms with Crippen LogP contribution in [-0.4, -0.2) is 36.6 Å². The lowest BCUT2D eigenvalue weighted by Gasteiger charge is -2.32. The highest BCUT2D eigenvalue weighted by Gasteiger charge is 2.25. The standard InChI is InChI=1S/C13H17BrN2O2/c1-2-10-8-16(5-6-18-10)13(17)11-7-9(15)3-4-12(11)14/h3-4,7,10H,2,5-6,8,15H2,1H3. The number of hydrogen-bond acceptors (Lipinski definition) is 3. The zero-order valence-corrected chi connectivity index (χ0v) is 11.9. The second-order valence-electron chi connectivity index (χ2n) is 4.39. The van der Waals surface area contributed by atoms with Crippen LogP contribution in [-0.2, 0) is 4.74 Å².